The molecule has 11 heteroatoms. The first-order chi connectivity index (χ1) is 7.06. The Balaban J connectivity index is 0. The molecule has 17 heavy (non-hydrogen) atoms. The molecule has 0 aromatic carbocycles. The fourth-order valence-electron chi connectivity index (χ4n) is 1.13. The SMILES string of the molecule is NCCCCCC(O)(P(=O)([O-])O)P(=O)([O-])O.[Zn+2]. The van der Waals surface area contributed by atoms with Crippen LogP contribution in [0.3, 0.4) is 0 Å². The van der Waals surface area contributed by atoms with Crippen LogP contribution in [-0.2, 0) is 28.6 Å². The van der Waals surface area contributed by atoms with Crippen molar-refractivity contribution in [3.63, 3.8) is 0 Å². The molecule has 0 amide bonds. The summed E-state index contributed by atoms with van der Waals surface area (Å²) in [6.07, 6.45) is 0.0902. The molecule has 98 valence electrons. The maximum Gasteiger partial charge on any atom is 2.00 e. The molecule has 0 spiro atoms. The van der Waals surface area contributed by atoms with Crippen molar-refractivity contribution in [2.75, 3.05) is 6.54 Å². The van der Waals surface area contributed by atoms with E-state index in [0.29, 0.717) is 19.4 Å². The number of unbranched alkanes of at least 4 members (excludes halogenated alkanes) is 2. The molecule has 0 aliphatic rings. The molecule has 0 saturated heterocycles. The van der Waals surface area contributed by atoms with E-state index in [0.717, 1.165) is 0 Å². The molecule has 0 rings (SSSR count). The summed E-state index contributed by atoms with van der Waals surface area (Å²) >= 11 is 0. The van der Waals surface area contributed by atoms with Crippen LogP contribution in [-0.4, -0.2) is 26.5 Å². The van der Waals surface area contributed by atoms with Gasteiger partial charge in [-0.05, 0) is 25.8 Å². The second-order valence-corrected chi connectivity index (χ2v) is 7.33. The van der Waals surface area contributed by atoms with Crippen molar-refractivity contribution >= 4 is 15.2 Å². The van der Waals surface area contributed by atoms with Gasteiger partial charge in [-0.15, -0.1) is 0 Å². The Bertz CT molecular complexity index is 291. The van der Waals surface area contributed by atoms with E-state index in [1.165, 1.54) is 0 Å². The summed E-state index contributed by atoms with van der Waals surface area (Å²) in [5.74, 6) is 0. The summed E-state index contributed by atoms with van der Waals surface area (Å²) in [5, 5.41) is 5.80. The average molecular weight is 341 g/mol. The third-order valence-corrected chi connectivity index (χ3v) is 5.90. The zero-order chi connectivity index (χ0) is 13.0. The zero-order valence-corrected chi connectivity index (χ0v) is 13.9. The molecular formula is C6H15NO7P2Zn. The van der Waals surface area contributed by atoms with Crippen LogP contribution >= 0.6 is 15.2 Å². The Morgan fingerprint density at radius 3 is 1.76 bits per heavy atom. The van der Waals surface area contributed by atoms with E-state index < -0.39 is 26.7 Å². The fraction of sp³-hybridized carbons (Fsp3) is 1.00. The van der Waals surface area contributed by atoms with Crippen molar-refractivity contribution in [1.82, 2.24) is 0 Å². The number of nitrogens with two attached hydrogens (primary N) is 1. The van der Waals surface area contributed by atoms with E-state index >= 15 is 0 Å². The molecule has 0 bridgehead atoms. The van der Waals surface area contributed by atoms with Crippen LogP contribution in [0.15, 0.2) is 0 Å². The Hall–Kier alpha value is 0.843. The zero-order valence-electron chi connectivity index (χ0n) is 9.19. The van der Waals surface area contributed by atoms with Gasteiger partial charge in [-0.25, -0.2) is 0 Å². The molecule has 0 aromatic rings. The van der Waals surface area contributed by atoms with E-state index in [1.807, 2.05) is 0 Å². The summed E-state index contributed by atoms with van der Waals surface area (Å²) in [6, 6.07) is 0. The molecule has 2 atom stereocenters. The molecule has 0 saturated carbocycles. The van der Waals surface area contributed by atoms with Crippen LogP contribution in [0.4, 0.5) is 0 Å². The quantitative estimate of drug-likeness (QED) is 0.240. The summed E-state index contributed by atoms with van der Waals surface area (Å²) in [7, 11) is -11.2. The molecule has 0 aliphatic heterocycles. The molecule has 0 radical (unpaired) electrons. The summed E-state index contributed by atoms with van der Waals surface area (Å²) < 4.78 is 21.5. The van der Waals surface area contributed by atoms with E-state index in [4.69, 9.17) is 15.5 Å². The third kappa shape index (κ3) is 5.56. The molecule has 0 aliphatic carbocycles. The number of aliphatic hydroxyl groups is 1. The number of hydrogen-bond acceptors (Lipinski definition) is 6. The van der Waals surface area contributed by atoms with Gasteiger partial charge >= 0.3 is 19.5 Å². The molecule has 0 aromatic heterocycles. The van der Waals surface area contributed by atoms with Gasteiger partial charge in [-0.2, -0.15) is 0 Å². The van der Waals surface area contributed by atoms with Crippen LogP contribution in [0.2, 0.25) is 0 Å². The molecule has 5 N–H and O–H groups in total. The largest absolute Gasteiger partial charge is 2.00 e. The van der Waals surface area contributed by atoms with Crippen molar-refractivity contribution in [3.05, 3.63) is 0 Å². The van der Waals surface area contributed by atoms with Crippen molar-refractivity contribution in [3.8, 4) is 0 Å². The maximum atomic E-state index is 10.7. The smallest absolute Gasteiger partial charge is 0.776 e. The monoisotopic (exact) mass is 339 g/mol. The summed E-state index contributed by atoms with van der Waals surface area (Å²) in [6.45, 7) is 0.334. The topological polar surface area (TPSA) is 167 Å². The van der Waals surface area contributed by atoms with Gasteiger partial charge in [0, 0.05) is 0 Å². The van der Waals surface area contributed by atoms with Gasteiger partial charge in [0.15, 0.2) is 20.3 Å². The summed E-state index contributed by atoms with van der Waals surface area (Å²) in [4.78, 5) is 38.7. The van der Waals surface area contributed by atoms with Crippen LogP contribution < -0.4 is 15.5 Å². The number of hydrogen-bond donors (Lipinski definition) is 4. The predicted octanol–water partition coefficient (Wildman–Crippen LogP) is -1.76. The van der Waals surface area contributed by atoms with Crippen molar-refractivity contribution in [2.24, 2.45) is 5.73 Å². The Labute approximate surface area is 112 Å². The second-order valence-electron chi connectivity index (χ2n) is 3.41. The van der Waals surface area contributed by atoms with E-state index in [1.54, 1.807) is 0 Å². The van der Waals surface area contributed by atoms with Gasteiger partial charge in [0.05, 0.1) is 0 Å². The molecule has 8 nitrogen and oxygen atoms in total. The normalized spacial score (nSPS) is 21.8. The first kappa shape index (κ1) is 20.2. The minimum atomic E-state index is -5.61. The Morgan fingerprint density at radius 1 is 1.06 bits per heavy atom. The van der Waals surface area contributed by atoms with Crippen LogP contribution in [0.5, 0.6) is 0 Å². The fourth-order valence-corrected chi connectivity index (χ4v) is 3.28. The van der Waals surface area contributed by atoms with E-state index in [-0.39, 0.29) is 25.9 Å². The standard InChI is InChI=1S/C6H17NO7P2.Zn/c7-5-3-1-2-4-6(8,15(9,10)11)16(12,13)14;/h8H,1-5,7H2,(H2,9,10,11)(H2,12,13,14);/q;+2/p-2. The average Bonchev–Trinajstić information content (AvgIpc) is 2.08. The van der Waals surface area contributed by atoms with Gasteiger partial charge < -0.3 is 39.5 Å². The predicted molar refractivity (Wildman–Crippen MR) is 52.1 cm³/mol. The van der Waals surface area contributed by atoms with Crippen LogP contribution in [0, 0.1) is 0 Å². The first-order valence-electron chi connectivity index (χ1n) is 4.56. The van der Waals surface area contributed by atoms with Gasteiger partial charge in [0.1, 0.15) is 0 Å². The first-order valence-corrected chi connectivity index (χ1v) is 7.72. The Morgan fingerprint density at radius 2 is 1.47 bits per heavy atom. The van der Waals surface area contributed by atoms with Gasteiger partial charge in [0.2, 0.25) is 0 Å². The third-order valence-electron chi connectivity index (χ3n) is 2.12. The number of rotatable bonds is 7. The minimum absolute atomic E-state index is 0. The van der Waals surface area contributed by atoms with Gasteiger partial charge in [-0.3, -0.25) is 0 Å². The van der Waals surface area contributed by atoms with E-state index in [9.17, 15) is 24.0 Å². The van der Waals surface area contributed by atoms with Gasteiger partial charge in [0.25, 0.3) is 0 Å². The molecule has 2 unspecified atom stereocenters. The van der Waals surface area contributed by atoms with Crippen LogP contribution in [0.1, 0.15) is 25.7 Å². The summed E-state index contributed by atoms with van der Waals surface area (Å²) in [5.41, 5.74) is 5.16. The Kier molecular flexibility index (Phi) is 8.82. The maximum absolute atomic E-state index is 10.7. The van der Waals surface area contributed by atoms with Crippen molar-refractivity contribution < 1.29 is 53.3 Å². The minimum Gasteiger partial charge on any atom is -0.776 e. The van der Waals surface area contributed by atoms with Crippen LogP contribution in [0.25, 0.3) is 0 Å². The van der Waals surface area contributed by atoms with E-state index in [2.05, 4.69) is 0 Å². The van der Waals surface area contributed by atoms with Crippen molar-refractivity contribution in [2.45, 2.75) is 30.8 Å². The van der Waals surface area contributed by atoms with Crippen molar-refractivity contribution in [1.29, 1.82) is 0 Å². The second kappa shape index (κ2) is 7.44. The van der Waals surface area contributed by atoms with Gasteiger partial charge in [-0.1, -0.05) is 6.42 Å². The molecular weight excluding hydrogens is 325 g/mol. The molecule has 0 heterocycles. The molecule has 0 fully saturated rings.